The Hall–Kier alpha value is -0.583. The minimum atomic E-state index is -1.71. The molecule has 0 spiro atoms. The SMILES string of the molecule is CC(C)(C)[Si](C)(C)n1c2ccc(Br)cc2c2cc(Br)ccc21. The molecule has 0 atom stereocenters. The summed E-state index contributed by atoms with van der Waals surface area (Å²) in [4.78, 5) is 0. The van der Waals surface area contributed by atoms with Crippen LogP contribution in [-0.4, -0.2) is 12.5 Å². The zero-order valence-electron chi connectivity index (χ0n) is 13.7. The molecule has 0 aliphatic rings. The quantitative estimate of drug-likeness (QED) is 0.354. The van der Waals surface area contributed by atoms with E-state index in [-0.39, 0.29) is 5.04 Å². The van der Waals surface area contributed by atoms with Crippen molar-refractivity contribution in [1.29, 1.82) is 0 Å². The lowest BCUT2D eigenvalue weighted by atomic mass is 10.2. The first-order valence-corrected chi connectivity index (χ1v) is 12.1. The minimum absolute atomic E-state index is 0.284. The molecular weight excluding hydrogens is 418 g/mol. The first-order chi connectivity index (χ1) is 10.1. The van der Waals surface area contributed by atoms with E-state index in [1.165, 1.54) is 21.8 Å². The van der Waals surface area contributed by atoms with Crippen molar-refractivity contribution in [2.75, 3.05) is 0 Å². The van der Waals surface area contributed by atoms with E-state index in [1.807, 2.05) is 0 Å². The third-order valence-corrected chi connectivity index (χ3v) is 11.3. The molecule has 116 valence electrons. The van der Waals surface area contributed by atoms with Gasteiger partial charge in [-0.25, -0.2) is 0 Å². The lowest BCUT2D eigenvalue weighted by Crippen LogP contribution is -2.45. The predicted octanol–water partition coefficient (Wildman–Crippen LogP) is 7.17. The molecule has 3 rings (SSSR count). The van der Waals surface area contributed by atoms with E-state index in [9.17, 15) is 0 Å². The standard InChI is InChI=1S/C18H21Br2NSi/c1-18(2,3)22(4,5)21-16-8-6-12(19)10-14(16)15-11-13(20)7-9-17(15)21/h6-11H,1-5H3. The van der Waals surface area contributed by atoms with Gasteiger partial charge in [0.15, 0.2) is 8.24 Å². The number of benzene rings is 2. The van der Waals surface area contributed by atoms with Gasteiger partial charge in [-0.2, -0.15) is 0 Å². The fraction of sp³-hybridized carbons (Fsp3) is 0.333. The lowest BCUT2D eigenvalue weighted by Gasteiger charge is -2.39. The molecule has 2 aromatic carbocycles. The maximum atomic E-state index is 3.63. The predicted molar refractivity (Wildman–Crippen MR) is 107 cm³/mol. The number of halogens is 2. The van der Waals surface area contributed by atoms with Crippen molar-refractivity contribution in [3.8, 4) is 0 Å². The Bertz CT molecular complexity index is 813. The Morgan fingerprint density at radius 2 is 1.23 bits per heavy atom. The van der Waals surface area contributed by atoms with E-state index in [0.717, 1.165) is 8.95 Å². The van der Waals surface area contributed by atoms with Gasteiger partial charge in [0, 0.05) is 30.8 Å². The van der Waals surface area contributed by atoms with Crippen LogP contribution in [0.1, 0.15) is 20.8 Å². The maximum Gasteiger partial charge on any atom is 0.161 e. The van der Waals surface area contributed by atoms with E-state index in [4.69, 9.17) is 0 Å². The van der Waals surface area contributed by atoms with Gasteiger partial charge in [0.2, 0.25) is 0 Å². The van der Waals surface area contributed by atoms with Crippen LogP contribution in [0, 0.1) is 0 Å². The van der Waals surface area contributed by atoms with Gasteiger partial charge in [0.25, 0.3) is 0 Å². The summed E-state index contributed by atoms with van der Waals surface area (Å²) in [5.41, 5.74) is 2.70. The highest BCUT2D eigenvalue weighted by Crippen LogP contribution is 2.43. The van der Waals surface area contributed by atoms with E-state index in [2.05, 4.69) is 106 Å². The van der Waals surface area contributed by atoms with Gasteiger partial charge in [0.05, 0.1) is 0 Å². The fourth-order valence-electron chi connectivity index (χ4n) is 2.91. The third kappa shape index (κ3) is 2.40. The fourth-order valence-corrected chi connectivity index (χ4v) is 5.89. The Balaban J connectivity index is 2.52. The summed E-state index contributed by atoms with van der Waals surface area (Å²) < 4.78 is 4.90. The lowest BCUT2D eigenvalue weighted by molar-refractivity contribution is 0.706. The molecule has 0 fully saturated rings. The van der Waals surface area contributed by atoms with Gasteiger partial charge in [-0.15, -0.1) is 0 Å². The van der Waals surface area contributed by atoms with E-state index in [1.54, 1.807) is 0 Å². The largest absolute Gasteiger partial charge is 0.368 e. The second kappa shape index (κ2) is 5.22. The highest BCUT2D eigenvalue weighted by molar-refractivity contribution is 9.10. The van der Waals surface area contributed by atoms with Crippen molar-refractivity contribution in [3.05, 3.63) is 45.3 Å². The second-order valence-electron chi connectivity index (χ2n) is 7.47. The van der Waals surface area contributed by atoms with Crippen LogP contribution in [0.4, 0.5) is 0 Å². The summed E-state index contributed by atoms with van der Waals surface area (Å²) in [5, 5.41) is 2.94. The molecule has 0 aliphatic heterocycles. The van der Waals surface area contributed by atoms with Crippen LogP contribution in [0.2, 0.25) is 18.1 Å². The monoisotopic (exact) mass is 437 g/mol. The van der Waals surface area contributed by atoms with E-state index in [0.29, 0.717) is 0 Å². The van der Waals surface area contributed by atoms with Crippen molar-refractivity contribution in [3.63, 3.8) is 0 Å². The Kier molecular flexibility index (Phi) is 3.86. The molecule has 1 heterocycles. The van der Waals surface area contributed by atoms with Crippen molar-refractivity contribution >= 4 is 61.9 Å². The third-order valence-electron chi connectivity index (χ3n) is 5.08. The van der Waals surface area contributed by atoms with Crippen LogP contribution >= 0.6 is 31.9 Å². The van der Waals surface area contributed by atoms with E-state index >= 15 is 0 Å². The van der Waals surface area contributed by atoms with Crippen molar-refractivity contribution in [2.45, 2.75) is 38.9 Å². The normalized spacial score (nSPS) is 13.2. The van der Waals surface area contributed by atoms with Gasteiger partial charge in [-0.05, 0) is 41.4 Å². The number of aromatic nitrogens is 1. The van der Waals surface area contributed by atoms with Crippen LogP contribution in [-0.2, 0) is 0 Å². The summed E-state index contributed by atoms with van der Waals surface area (Å²) >= 11 is 7.25. The van der Waals surface area contributed by atoms with Gasteiger partial charge in [-0.3, -0.25) is 0 Å². The van der Waals surface area contributed by atoms with Gasteiger partial charge >= 0.3 is 0 Å². The Morgan fingerprint density at radius 3 is 1.59 bits per heavy atom. The summed E-state index contributed by atoms with van der Waals surface area (Å²) in [6, 6.07) is 13.3. The molecule has 3 aromatic rings. The Morgan fingerprint density at radius 1 is 0.818 bits per heavy atom. The molecule has 22 heavy (non-hydrogen) atoms. The van der Waals surface area contributed by atoms with Crippen molar-refractivity contribution in [2.24, 2.45) is 0 Å². The first kappa shape index (κ1) is 16.3. The zero-order valence-corrected chi connectivity index (χ0v) is 17.8. The van der Waals surface area contributed by atoms with E-state index < -0.39 is 8.24 Å². The number of hydrogen-bond acceptors (Lipinski definition) is 0. The topological polar surface area (TPSA) is 4.93 Å². The number of rotatable bonds is 1. The maximum absolute atomic E-state index is 3.63. The number of fused-ring (bicyclic) bond motifs is 3. The Labute approximate surface area is 150 Å². The van der Waals surface area contributed by atoms with Gasteiger partial charge in [-0.1, -0.05) is 65.7 Å². The van der Waals surface area contributed by atoms with Crippen LogP contribution in [0.25, 0.3) is 21.8 Å². The van der Waals surface area contributed by atoms with Crippen LogP contribution in [0.15, 0.2) is 45.3 Å². The summed E-state index contributed by atoms with van der Waals surface area (Å²) in [5.74, 6) is 0. The first-order valence-electron chi connectivity index (χ1n) is 7.52. The number of nitrogens with zero attached hydrogens (tertiary/aromatic N) is 1. The van der Waals surface area contributed by atoms with Gasteiger partial charge < -0.3 is 4.23 Å². The van der Waals surface area contributed by atoms with Crippen molar-refractivity contribution in [1.82, 2.24) is 4.23 Å². The minimum Gasteiger partial charge on any atom is -0.368 e. The number of hydrogen-bond donors (Lipinski definition) is 0. The molecule has 0 radical (unpaired) electrons. The van der Waals surface area contributed by atoms with Crippen LogP contribution in [0.3, 0.4) is 0 Å². The molecule has 0 bridgehead atoms. The molecule has 4 heteroatoms. The molecule has 0 unspecified atom stereocenters. The molecule has 0 saturated heterocycles. The molecule has 0 amide bonds. The van der Waals surface area contributed by atoms with Crippen LogP contribution in [0.5, 0.6) is 0 Å². The highest BCUT2D eigenvalue weighted by Gasteiger charge is 2.39. The summed E-state index contributed by atoms with van der Waals surface area (Å²) in [7, 11) is -1.71. The molecule has 0 N–H and O–H groups in total. The summed E-state index contributed by atoms with van der Waals surface area (Å²) in [6.07, 6.45) is 0. The molecule has 1 nitrogen and oxygen atoms in total. The van der Waals surface area contributed by atoms with Crippen LogP contribution < -0.4 is 0 Å². The molecular formula is C18H21Br2NSi. The smallest absolute Gasteiger partial charge is 0.161 e. The second-order valence-corrected chi connectivity index (χ2v) is 14.4. The zero-order chi connectivity index (χ0) is 16.3. The van der Waals surface area contributed by atoms with Gasteiger partial charge in [0.1, 0.15) is 0 Å². The van der Waals surface area contributed by atoms with Crippen molar-refractivity contribution < 1.29 is 0 Å². The average molecular weight is 439 g/mol. The molecule has 0 saturated carbocycles. The molecule has 0 aliphatic carbocycles. The highest BCUT2D eigenvalue weighted by atomic mass is 79.9. The summed E-state index contributed by atoms with van der Waals surface area (Å²) in [6.45, 7) is 12.0. The average Bonchev–Trinajstić information content (AvgIpc) is 2.71. The molecule has 1 aromatic heterocycles.